The van der Waals surface area contributed by atoms with E-state index >= 15 is 0 Å². The molecule has 2 aliphatic heterocycles. The van der Waals surface area contributed by atoms with E-state index in [4.69, 9.17) is 24.1 Å². The number of hydrogen-bond acceptors (Lipinski definition) is 10. The van der Waals surface area contributed by atoms with Gasteiger partial charge in [0.1, 0.15) is 48.8 Å². The Morgan fingerprint density at radius 2 is 1.57 bits per heavy atom. The molecule has 23 heavy (non-hydrogen) atoms. The van der Waals surface area contributed by atoms with Gasteiger partial charge in [-0.2, -0.15) is 0 Å². The third-order valence-electron chi connectivity index (χ3n) is 4.17. The third-order valence-corrected chi connectivity index (χ3v) is 4.17. The molecule has 0 aromatic carbocycles. The van der Waals surface area contributed by atoms with Crippen LogP contribution in [0.4, 0.5) is 0 Å². The number of rotatable bonds is 5. The molecule has 136 valence electrons. The highest BCUT2D eigenvalue weighted by Gasteiger charge is 2.48. The molecule has 2 rings (SSSR count). The quantitative estimate of drug-likeness (QED) is 0.291. The lowest BCUT2D eigenvalue weighted by Crippen LogP contribution is -2.62. The fraction of sp³-hybridized carbons (Fsp3) is 1.00. The molecule has 0 amide bonds. The summed E-state index contributed by atoms with van der Waals surface area (Å²) in [4.78, 5) is 0. The lowest BCUT2D eigenvalue weighted by atomic mass is 9.98. The Labute approximate surface area is 132 Å². The number of ether oxygens (including phenoxy) is 4. The molecule has 0 unspecified atom stereocenters. The van der Waals surface area contributed by atoms with Crippen molar-refractivity contribution < 1.29 is 49.6 Å². The molecule has 0 spiro atoms. The van der Waals surface area contributed by atoms with Crippen LogP contribution in [-0.4, -0.2) is 113 Å². The van der Waals surface area contributed by atoms with E-state index in [1.54, 1.807) is 0 Å². The first-order chi connectivity index (χ1) is 10.9. The van der Waals surface area contributed by atoms with E-state index in [-0.39, 0.29) is 6.61 Å². The van der Waals surface area contributed by atoms with E-state index in [1.165, 1.54) is 7.11 Å². The summed E-state index contributed by atoms with van der Waals surface area (Å²) in [6, 6.07) is 0. The monoisotopic (exact) mass is 340 g/mol. The van der Waals surface area contributed by atoms with E-state index in [2.05, 4.69) is 0 Å². The largest absolute Gasteiger partial charge is 0.394 e. The lowest BCUT2D eigenvalue weighted by molar-refractivity contribution is -0.333. The molecule has 0 saturated carbocycles. The van der Waals surface area contributed by atoms with Crippen LogP contribution in [-0.2, 0) is 18.9 Å². The summed E-state index contributed by atoms with van der Waals surface area (Å²) < 4.78 is 20.9. The van der Waals surface area contributed by atoms with Crippen molar-refractivity contribution in [2.75, 3.05) is 26.9 Å². The molecule has 2 aliphatic rings. The van der Waals surface area contributed by atoms with Crippen LogP contribution in [0.25, 0.3) is 0 Å². The fourth-order valence-electron chi connectivity index (χ4n) is 2.76. The van der Waals surface area contributed by atoms with Crippen LogP contribution in [0.5, 0.6) is 0 Å². The zero-order valence-corrected chi connectivity index (χ0v) is 12.6. The molecule has 6 N–H and O–H groups in total. The van der Waals surface area contributed by atoms with Crippen molar-refractivity contribution in [3.63, 3.8) is 0 Å². The first-order valence-corrected chi connectivity index (χ1v) is 7.33. The summed E-state index contributed by atoms with van der Waals surface area (Å²) in [6.45, 7) is -1.08. The van der Waals surface area contributed by atoms with Crippen LogP contribution >= 0.6 is 0 Å². The summed E-state index contributed by atoms with van der Waals surface area (Å²) in [6.07, 6.45) is -10.8. The summed E-state index contributed by atoms with van der Waals surface area (Å²) in [5.41, 5.74) is 0. The van der Waals surface area contributed by atoms with Crippen molar-refractivity contribution in [2.24, 2.45) is 0 Å². The minimum Gasteiger partial charge on any atom is -0.394 e. The highest BCUT2D eigenvalue weighted by Crippen LogP contribution is 2.27. The predicted octanol–water partition coefficient (Wildman–Crippen LogP) is -4.06. The highest BCUT2D eigenvalue weighted by atomic mass is 16.7. The van der Waals surface area contributed by atoms with Gasteiger partial charge in [-0.1, -0.05) is 0 Å². The van der Waals surface area contributed by atoms with E-state index in [0.717, 1.165) is 0 Å². The van der Waals surface area contributed by atoms with Gasteiger partial charge in [0.05, 0.1) is 19.8 Å². The zero-order valence-electron chi connectivity index (χ0n) is 12.6. The minimum absolute atomic E-state index is 0.149. The van der Waals surface area contributed by atoms with Gasteiger partial charge in [-0.3, -0.25) is 0 Å². The molecule has 0 bridgehead atoms. The maximum absolute atomic E-state index is 10.0. The first kappa shape index (κ1) is 18.9. The van der Waals surface area contributed by atoms with Gasteiger partial charge in [-0.15, -0.1) is 0 Å². The normalized spacial score (nSPS) is 48.4. The standard InChI is InChI=1S/C13H24O10/c1-20-12-6(3-15)22-13(11(19)10(12)18)23-7-4-21-5(2-14)8(16)9(7)17/h5-19H,2-4H2,1H3/t5-,6-,7+,8-,9-,10-,11-,12-,13-/m1/s1. The molecule has 9 atom stereocenters. The van der Waals surface area contributed by atoms with Gasteiger partial charge in [-0.25, -0.2) is 0 Å². The number of aliphatic hydroxyl groups excluding tert-OH is 6. The van der Waals surface area contributed by atoms with Gasteiger partial charge < -0.3 is 49.6 Å². The number of methoxy groups -OCH3 is 1. The van der Waals surface area contributed by atoms with Gasteiger partial charge in [0.2, 0.25) is 0 Å². The van der Waals surface area contributed by atoms with Crippen molar-refractivity contribution in [1.29, 1.82) is 0 Å². The molecule has 2 saturated heterocycles. The fourth-order valence-corrected chi connectivity index (χ4v) is 2.76. The van der Waals surface area contributed by atoms with Gasteiger partial charge in [0, 0.05) is 7.11 Å². The van der Waals surface area contributed by atoms with E-state index in [9.17, 15) is 25.5 Å². The Kier molecular flexibility index (Phi) is 6.68. The smallest absolute Gasteiger partial charge is 0.187 e. The second-order valence-corrected chi connectivity index (χ2v) is 5.62. The Hall–Kier alpha value is -0.400. The molecule has 0 aromatic heterocycles. The molecule has 10 nitrogen and oxygen atoms in total. The summed E-state index contributed by atoms with van der Waals surface area (Å²) >= 11 is 0. The average Bonchev–Trinajstić information content (AvgIpc) is 2.55. The van der Waals surface area contributed by atoms with Crippen LogP contribution in [0.1, 0.15) is 0 Å². The molecular weight excluding hydrogens is 316 g/mol. The third kappa shape index (κ3) is 3.82. The molecule has 0 aliphatic carbocycles. The Bertz CT molecular complexity index is 367. The topological polar surface area (TPSA) is 158 Å². The summed E-state index contributed by atoms with van der Waals surface area (Å²) in [5, 5.41) is 58.2. The van der Waals surface area contributed by atoms with Crippen molar-refractivity contribution in [2.45, 2.75) is 55.1 Å². The maximum Gasteiger partial charge on any atom is 0.187 e. The van der Waals surface area contributed by atoms with Crippen LogP contribution in [0.3, 0.4) is 0 Å². The van der Waals surface area contributed by atoms with Gasteiger partial charge in [0.15, 0.2) is 6.29 Å². The summed E-state index contributed by atoms with van der Waals surface area (Å²) in [7, 11) is 1.30. The van der Waals surface area contributed by atoms with E-state index in [0.29, 0.717) is 0 Å². The SMILES string of the molecule is CO[C@H]1[C@H](O)[C@@H](O)[C@@H](O[C@H]2CO[C@H](CO)[C@@H](O)[C@@H]2O)O[C@@H]1CO. The van der Waals surface area contributed by atoms with Gasteiger partial charge >= 0.3 is 0 Å². The van der Waals surface area contributed by atoms with Crippen LogP contribution in [0.2, 0.25) is 0 Å². The predicted molar refractivity (Wildman–Crippen MR) is 72.3 cm³/mol. The molecule has 10 heteroatoms. The van der Waals surface area contributed by atoms with Crippen LogP contribution in [0, 0.1) is 0 Å². The van der Waals surface area contributed by atoms with Crippen molar-refractivity contribution in [1.82, 2.24) is 0 Å². The minimum atomic E-state index is -1.48. The Balaban J connectivity index is 2.02. The van der Waals surface area contributed by atoms with Crippen molar-refractivity contribution in [3.05, 3.63) is 0 Å². The number of aliphatic hydroxyl groups is 6. The molecular formula is C13H24O10. The average molecular weight is 340 g/mol. The zero-order chi connectivity index (χ0) is 17.1. The Morgan fingerprint density at radius 3 is 2.13 bits per heavy atom. The lowest BCUT2D eigenvalue weighted by Gasteiger charge is -2.44. The van der Waals surface area contributed by atoms with E-state index in [1.807, 2.05) is 0 Å². The van der Waals surface area contributed by atoms with E-state index < -0.39 is 68.3 Å². The van der Waals surface area contributed by atoms with Crippen LogP contribution < -0.4 is 0 Å². The maximum atomic E-state index is 10.0. The molecule has 0 radical (unpaired) electrons. The Morgan fingerprint density at radius 1 is 0.913 bits per heavy atom. The molecule has 2 heterocycles. The highest BCUT2D eigenvalue weighted by molar-refractivity contribution is 4.92. The molecule has 2 fully saturated rings. The van der Waals surface area contributed by atoms with Crippen molar-refractivity contribution in [3.8, 4) is 0 Å². The van der Waals surface area contributed by atoms with Gasteiger partial charge in [0.25, 0.3) is 0 Å². The second kappa shape index (κ2) is 8.12. The first-order valence-electron chi connectivity index (χ1n) is 7.33. The number of hydrogen-bond donors (Lipinski definition) is 6. The van der Waals surface area contributed by atoms with Gasteiger partial charge in [-0.05, 0) is 0 Å². The summed E-state index contributed by atoms with van der Waals surface area (Å²) in [5.74, 6) is 0. The van der Waals surface area contributed by atoms with Crippen molar-refractivity contribution >= 4 is 0 Å². The second-order valence-electron chi connectivity index (χ2n) is 5.62. The van der Waals surface area contributed by atoms with Crippen LogP contribution in [0.15, 0.2) is 0 Å². The molecule has 0 aromatic rings.